The minimum absolute atomic E-state index is 0.0230. The fraction of sp³-hybridized carbons (Fsp3) is 0.450. The number of rotatable bonds is 6. The molecule has 5 heteroatoms. The van der Waals surface area contributed by atoms with Gasteiger partial charge in [-0.05, 0) is 31.0 Å². The third-order valence-corrected chi connectivity index (χ3v) is 5.33. The summed E-state index contributed by atoms with van der Waals surface area (Å²) in [7, 11) is 0. The van der Waals surface area contributed by atoms with E-state index in [0.29, 0.717) is 0 Å². The lowest BCUT2D eigenvalue weighted by molar-refractivity contribution is -0.114. The van der Waals surface area contributed by atoms with Gasteiger partial charge >= 0.3 is 0 Å². The number of para-hydroxylation sites is 1. The van der Waals surface area contributed by atoms with Gasteiger partial charge in [0, 0.05) is 37.0 Å². The minimum atomic E-state index is -0.0230. The van der Waals surface area contributed by atoms with E-state index in [4.69, 9.17) is 4.74 Å². The minimum Gasteiger partial charge on any atom is -0.489 e. The summed E-state index contributed by atoms with van der Waals surface area (Å²) in [6, 6.07) is 12.4. The average Bonchev–Trinajstić information content (AvgIpc) is 2.91. The van der Waals surface area contributed by atoms with Crippen LogP contribution in [0.25, 0.3) is 0 Å². The lowest BCUT2D eigenvalue weighted by Gasteiger charge is -2.23. The van der Waals surface area contributed by atoms with E-state index in [1.165, 1.54) is 23.3 Å². The van der Waals surface area contributed by atoms with Crippen molar-refractivity contribution in [3.8, 4) is 5.75 Å². The molecule has 0 saturated carbocycles. The van der Waals surface area contributed by atoms with Crippen molar-refractivity contribution in [3.63, 3.8) is 0 Å². The maximum atomic E-state index is 11.2. The van der Waals surface area contributed by atoms with Crippen LogP contribution >= 0.6 is 11.3 Å². The molecule has 1 amide bonds. The summed E-state index contributed by atoms with van der Waals surface area (Å²) >= 11 is 1.65. The number of ether oxygens (including phenoxy) is 1. The van der Waals surface area contributed by atoms with Gasteiger partial charge in [-0.15, -0.1) is 11.3 Å². The molecule has 1 unspecified atom stereocenters. The lowest BCUT2D eigenvalue weighted by atomic mass is 10.1. The van der Waals surface area contributed by atoms with Crippen LogP contribution in [0.2, 0.25) is 0 Å². The number of thiophene rings is 1. The van der Waals surface area contributed by atoms with Gasteiger partial charge in [-0.25, -0.2) is 0 Å². The number of hydrogen-bond donors (Lipinski definition) is 1. The topological polar surface area (TPSA) is 41.6 Å². The first-order chi connectivity index (χ1) is 12.1. The molecule has 0 aliphatic carbocycles. The van der Waals surface area contributed by atoms with Crippen LogP contribution in [0.1, 0.15) is 43.6 Å². The van der Waals surface area contributed by atoms with Gasteiger partial charge in [0.1, 0.15) is 11.9 Å². The zero-order valence-electron chi connectivity index (χ0n) is 15.0. The molecule has 1 aromatic heterocycles. The number of amides is 1. The summed E-state index contributed by atoms with van der Waals surface area (Å²) in [4.78, 5) is 14.9. The first kappa shape index (κ1) is 18.0. The molecule has 0 fully saturated rings. The Morgan fingerprint density at radius 3 is 2.96 bits per heavy atom. The Morgan fingerprint density at radius 2 is 2.16 bits per heavy atom. The molecule has 0 spiro atoms. The molecule has 1 N–H and O–H groups in total. The van der Waals surface area contributed by atoms with Crippen LogP contribution in [0.15, 0.2) is 36.4 Å². The monoisotopic (exact) mass is 358 g/mol. The molecule has 3 rings (SSSR count). The Hall–Kier alpha value is -1.85. The van der Waals surface area contributed by atoms with E-state index in [1.807, 2.05) is 12.1 Å². The number of fused-ring (bicyclic) bond motifs is 1. The Bertz CT molecular complexity index is 713. The third-order valence-electron chi connectivity index (χ3n) is 4.34. The van der Waals surface area contributed by atoms with Crippen LogP contribution in [-0.4, -0.2) is 23.5 Å². The van der Waals surface area contributed by atoms with Gasteiger partial charge in [-0.3, -0.25) is 9.69 Å². The van der Waals surface area contributed by atoms with Gasteiger partial charge in [-0.2, -0.15) is 0 Å². The molecular weight excluding hydrogens is 332 g/mol. The molecule has 0 bridgehead atoms. The number of carbonyl (C=O) groups is 1. The highest BCUT2D eigenvalue weighted by Crippen LogP contribution is 2.29. The normalized spacial score (nSPS) is 17.4. The third kappa shape index (κ3) is 5.06. The van der Waals surface area contributed by atoms with Crippen molar-refractivity contribution < 1.29 is 9.53 Å². The van der Waals surface area contributed by atoms with E-state index in [0.717, 1.165) is 36.8 Å². The number of unbranched alkanes of at least 4 members (excludes halogenated alkanes) is 1. The highest BCUT2D eigenvalue weighted by Gasteiger charge is 2.23. The van der Waals surface area contributed by atoms with Crippen LogP contribution in [0.3, 0.4) is 0 Å². The Balaban J connectivity index is 1.72. The predicted octanol–water partition coefficient (Wildman–Crippen LogP) is 4.66. The second-order valence-electron chi connectivity index (χ2n) is 6.61. The highest BCUT2D eigenvalue weighted by molar-refractivity contribution is 7.16. The molecular formula is C20H26N2O2S. The smallest absolute Gasteiger partial charge is 0.221 e. The molecule has 2 heterocycles. The van der Waals surface area contributed by atoms with Crippen LogP contribution in [-0.2, 0) is 17.9 Å². The van der Waals surface area contributed by atoms with Gasteiger partial charge in [0.25, 0.3) is 0 Å². The van der Waals surface area contributed by atoms with Gasteiger partial charge in [0.15, 0.2) is 0 Å². The summed E-state index contributed by atoms with van der Waals surface area (Å²) < 4.78 is 6.29. The molecule has 2 aromatic rings. The number of carbonyl (C=O) groups excluding carboxylic acids is 1. The van der Waals surface area contributed by atoms with Crippen LogP contribution < -0.4 is 10.1 Å². The Morgan fingerprint density at radius 1 is 1.32 bits per heavy atom. The number of benzene rings is 1. The zero-order valence-corrected chi connectivity index (χ0v) is 15.8. The quantitative estimate of drug-likeness (QED) is 0.816. The first-order valence-electron chi connectivity index (χ1n) is 8.97. The largest absolute Gasteiger partial charge is 0.489 e. The maximum absolute atomic E-state index is 11.2. The summed E-state index contributed by atoms with van der Waals surface area (Å²) in [5, 5.41) is 3.78. The van der Waals surface area contributed by atoms with Crippen molar-refractivity contribution >= 4 is 22.2 Å². The van der Waals surface area contributed by atoms with Crippen molar-refractivity contribution in [1.82, 2.24) is 4.90 Å². The van der Waals surface area contributed by atoms with E-state index in [9.17, 15) is 4.79 Å². The molecule has 1 atom stereocenters. The summed E-state index contributed by atoms with van der Waals surface area (Å²) in [6.07, 6.45) is 3.69. The SMILES string of the molecule is CCCCC1CN(Cc2ccc(NC(C)=O)s2)Cc2ccccc2O1. The van der Waals surface area contributed by atoms with Crippen molar-refractivity contribution in [2.45, 2.75) is 52.3 Å². The number of anilines is 1. The van der Waals surface area contributed by atoms with Crippen molar-refractivity contribution in [2.75, 3.05) is 11.9 Å². The molecule has 25 heavy (non-hydrogen) atoms. The van der Waals surface area contributed by atoms with Crippen LogP contribution in [0.5, 0.6) is 5.75 Å². The van der Waals surface area contributed by atoms with Crippen LogP contribution in [0, 0.1) is 0 Å². The maximum Gasteiger partial charge on any atom is 0.221 e. The number of nitrogens with one attached hydrogen (secondary N) is 1. The standard InChI is InChI=1S/C20H26N2O2S/c1-3-4-8-17-13-22(12-16-7-5-6-9-19(16)24-17)14-18-10-11-20(25-18)21-15(2)23/h5-7,9-11,17H,3-4,8,12-14H2,1-2H3,(H,21,23). The molecule has 1 aliphatic rings. The first-order valence-corrected chi connectivity index (χ1v) is 9.79. The zero-order chi connectivity index (χ0) is 17.6. The van der Waals surface area contributed by atoms with Crippen molar-refractivity contribution in [1.29, 1.82) is 0 Å². The van der Waals surface area contributed by atoms with Gasteiger partial charge in [0.2, 0.25) is 5.91 Å². The number of hydrogen-bond acceptors (Lipinski definition) is 4. The summed E-state index contributed by atoms with van der Waals surface area (Å²) in [6.45, 7) is 6.47. The molecule has 0 radical (unpaired) electrons. The summed E-state index contributed by atoms with van der Waals surface area (Å²) in [5.74, 6) is 1.00. The van der Waals surface area contributed by atoms with E-state index in [1.54, 1.807) is 18.3 Å². The molecule has 0 saturated heterocycles. The number of nitrogens with zero attached hydrogens (tertiary/aromatic N) is 1. The van der Waals surface area contributed by atoms with E-state index >= 15 is 0 Å². The fourth-order valence-electron chi connectivity index (χ4n) is 3.19. The fourth-order valence-corrected chi connectivity index (χ4v) is 4.18. The summed E-state index contributed by atoms with van der Waals surface area (Å²) in [5.41, 5.74) is 1.25. The van der Waals surface area contributed by atoms with Gasteiger partial charge in [-0.1, -0.05) is 31.5 Å². The Labute approximate surface area is 153 Å². The van der Waals surface area contributed by atoms with E-state index < -0.39 is 0 Å². The molecule has 134 valence electrons. The second-order valence-corrected chi connectivity index (χ2v) is 7.77. The Kier molecular flexibility index (Phi) is 6.10. The molecule has 1 aromatic carbocycles. The average molecular weight is 359 g/mol. The van der Waals surface area contributed by atoms with Crippen molar-refractivity contribution in [3.05, 3.63) is 46.8 Å². The van der Waals surface area contributed by atoms with Crippen LogP contribution in [0.4, 0.5) is 5.00 Å². The molecule has 1 aliphatic heterocycles. The highest BCUT2D eigenvalue weighted by atomic mass is 32.1. The van der Waals surface area contributed by atoms with E-state index in [2.05, 4.69) is 41.4 Å². The lowest BCUT2D eigenvalue weighted by Crippen LogP contribution is -2.32. The van der Waals surface area contributed by atoms with Gasteiger partial charge in [0.05, 0.1) is 5.00 Å². The molecule has 4 nitrogen and oxygen atoms in total. The predicted molar refractivity (Wildman–Crippen MR) is 103 cm³/mol. The van der Waals surface area contributed by atoms with Crippen molar-refractivity contribution in [2.24, 2.45) is 0 Å². The van der Waals surface area contributed by atoms with Gasteiger partial charge < -0.3 is 10.1 Å². The second kappa shape index (κ2) is 8.50. The van der Waals surface area contributed by atoms with E-state index in [-0.39, 0.29) is 12.0 Å².